The van der Waals surface area contributed by atoms with Gasteiger partial charge < -0.3 is 10.1 Å². The first-order valence-corrected chi connectivity index (χ1v) is 6.54. The monoisotopic (exact) mass is 248 g/mol. The second kappa shape index (κ2) is 5.85. The number of rotatable bonds is 6. The fourth-order valence-corrected chi connectivity index (χ4v) is 2.07. The van der Waals surface area contributed by atoms with E-state index >= 15 is 0 Å². The van der Waals surface area contributed by atoms with Gasteiger partial charge in [0.05, 0.1) is 7.11 Å². The van der Waals surface area contributed by atoms with Gasteiger partial charge in [0.2, 0.25) is 0 Å². The molecule has 0 bridgehead atoms. The maximum atomic E-state index is 11.6. The number of nitrogens with zero attached hydrogens (tertiary/aromatic N) is 1. The molecule has 0 aromatic carbocycles. The molecule has 1 N–H and O–H groups in total. The molecule has 0 amide bonds. The highest BCUT2D eigenvalue weighted by atomic mass is 16.5. The molecule has 1 aromatic heterocycles. The van der Waals surface area contributed by atoms with Crippen LogP contribution in [0.4, 0.5) is 5.82 Å². The first kappa shape index (κ1) is 12.9. The van der Waals surface area contributed by atoms with Crippen molar-refractivity contribution in [1.29, 1.82) is 0 Å². The zero-order valence-electron chi connectivity index (χ0n) is 11.0. The van der Waals surface area contributed by atoms with Crippen LogP contribution in [0.5, 0.6) is 0 Å². The predicted molar refractivity (Wildman–Crippen MR) is 70.6 cm³/mol. The molecule has 2 rings (SSSR count). The minimum Gasteiger partial charge on any atom is -0.465 e. The lowest BCUT2D eigenvalue weighted by Crippen LogP contribution is -2.22. The van der Waals surface area contributed by atoms with Gasteiger partial charge in [-0.2, -0.15) is 0 Å². The van der Waals surface area contributed by atoms with E-state index < -0.39 is 0 Å². The number of anilines is 1. The van der Waals surface area contributed by atoms with E-state index in [1.807, 2.05) is 0 Å². The molecule has 1 aliphatic carbocycles. The minimum atomic E-state index is -0.341. The summed E-state index contributed by atoms with van der Waals surface area (Å²) in [7, 11) is 1.39. The average Bonchev–Trinajstić information content (AvgIpc) is 3.21. The highest BCUT2D eigenvalue weighted by Crippen LogP contribution is 2.34. The van der Waals surface area contributed by atoms with E-state index in [1.54, 1.807) is 18.3 Å². The lowest BCUT2D eigenvalue weighted by Gasteiger charge is -2.18. The summed E-state index contributed by atoms with van der Waals surface area (Å²) in [5, 5.41) is 3.37. The van der Waals surface area contributed by atoms with Gasteiger partial charge in [0, 0.05) is 12.2 Å². The Morgan fingerprint density at radius 3 is 3.00 bits per heavy atom. The third-order valence-corrected chi connectivity index (χ3v) is 3.36. The van der Waals surface area contributed by atoms with Crippen molar-refractivity contribution in [2.24, 2.45) is 5.92 Å². The second-order valence-electron chi connectivity index (χ2n) is 4.82. The highest BCUT2D eigenvalue weighted by molar-refractivity contribution is 5.94. The quantitative estimate of drug-likeness (QED) is 0.786. The van der Waals surface area contributed by atoms with Crippen LogP contribution in [-0.2, 0) is 4.74 Å². The summed E-state index contributed by atoms with van der Waals surface area (Å²) in [5.41, 5.74) is 0.509. The first-order chi connectivity index (χ1) is 8.74. The van der Waals surface area contributed by atoms with Gasteiger partial charge in [-0.05, 0) is 30.9 Å². The van der Waals surface area contributed by atoms with Gasteiger partial charge >= 0.3 is 5.97 Å². The molecule has 1 saturated carbocycles. The summed E-state index contributed by atoms with van der Waals surface area (Å²) in [6, 6.07) is 3.88. The summed E-state index contributed by atoms with van der Waals surface area (Å²) in [6.07, 6.45) is 6.56. The van der Waals surface area contributed by atoms with Crippen molar-refractivity contribution in [1.82, 2.24) is 4.98 Å². The van der Waals surface area contributed by atoms with E-state index in [0.717, 1.165) is 18.8 Å². The maximum absolute atomic E-state index is 11.6. The molecule has 1 heterocycles. The molecule has 1 aliphatic rings. The number of carbonyl (C=O) groups is 1. The Bertz CT molecular complexity index is 416. The van der Waals surface area contributed by atoms with Crippen molar-refractivity contribution in [2.45, 2.75) is 38.6 Å². The third kappa shape index (κ3) is 3.22. The zero-order chi connectivity index (χ0) is 13.0. The number of esters is 1. The highest BCUT2D eigenvalue weighted by Gasteiger charge is 2.25. The Hall–Kier alpha value is -1.58. The fraction of sp³-hybridized carbons (Fsp3) is 0.571. The van der Waals surface area contributed by atoms with Crippen LogP contribution in [0.1, 0.15) is 43.0 Å². The zero-order valence-corrected chi connectivity index (χ0v) is 11.0. The van der Waals surface area contributed by atoms with Crippen molar-refractivity contribution >= 4 is 11.8 Å². The van der Waals surface area contributed by atoms with Gasteiger partial charge in [-0.1, -0.05) is 19.8 Å². The van der Waals surface area contributed by atoms with Crippen LogP contribution in [0.15, 0.2) is 18.3 Å². The molecule has 1 atom stereocenters. The van der Waals surface area contributed by atoms with Gasteiger partial charge in [-0.25, -0.2) is 9.78 Å². The van der Waals surface area contributed by atoms with Crippen molar-refractivity contribution in [3.8, 4) is 0 Å². The molecule has 0 spiro atoms. The van der Waals surface area contributed by atoms with Crippen LogP contribution in [0, 0.1) is 5.92 Å². The summed E-state index contributed by atoms with van der Waals surface area (Å²) in [6.45, 7) is 2.15. The molecule has 1 unspecified atom stereocenters. The van der Waals surface area contributed by atoms with Gasteiger partial charge in [0.15, 0.2) is 0 Å². The maximum Gasteiger partial charge on any atom is 0.341 e. The van der Waals surface area contributed by atoms with Gasteiger partial charge in [0.1, 0.15) is 11.4 Å². The Morgan fingerprint density at radius 1 is 1.61 bits per heavy atom. The standard InChI is InChI=1S/C14H20N2O2/c1-3-11(9-10-6-7-10)16-13-12(14(17)18-2)5-4-8-15-13/h4-5,8,10-11H,3,6-7,9H2,1-2H3,(H,15,16). The number of pyridine rings is 1. The van der Waals surface area contributed by atoms with Crippen LogP contribution < -0.4 is 5.32 Å². The van der Waals surface area contributed by atoms with Crippen LogP contribution in [0.2, 0.25) is 0 Å². The van der Waals surface area contributed by atoms with Crippen LogP contribution >= 0.6 is 0 Å². The summed E-state index contributed by atoms with van der Waals surface area (Å²) >= 11 is 0. The third-order valence-electron chi connectivity index (χ3n) is 3.36. The molecule has 0 aliphatic heterocycles. The molecule has 0 radical (unpaired) electrons. The Balaban J connectivity index is 2.08. The fourth-order valence-electron chi connectivity index (χ4n) is 2.07. The molecule has 0 saturated heterocycles. The van der Waals surface area contributed by atoms with E-state index in [-0.39, 0.29) is 5.97 Å². The van der Waals surface area contributed by atoms with Crippen molar-refractivity contribution in [3.63, 3.8) is 0 Å². The lowest BCUT2D eigenvalue weighted by molar-refractivity contribution is 0.0601. The second-order valence-corrected chi connectivity index (χ2v) is 4.82. The first-order valence-electron chi connectivity index (χ1n) is 6.54. The normalized spacial score (nSPS) is 16.1. The van der Waals surface area contributed by atoms with E-state index in [9.17, 15) is 4.79 Å². The van der Waals surface area contributed by atoms with E-state index in [0.29, 0.717) is 17.4 Å². The molecular formula is C14H20N2O2. The molecule has 98 valence electrons. The molecule has 18 heavy (non-hydrogen) atoms. The number of methoxy groups -OCH3 is 1. The van der Waals surface area contributed by atoms with E-state index in [1.165, 1.54) is 20.0 Å². The number of hydrogen-bond acceptors (Lipinski definition) is 4. The Morgan fingerprint density at radius 2 is 2.39 bits per heavy atom. The number of hydrogen-bond donors (Lipinski definition) is 1. The van der Waals surface area contributed by atoms with E-state index in [2.05, 4.69) is 17.2 Å². The van der Waals surface area contributed by atoms with E-state index in [4.69, 9.17) is 4.74 Å². The molecule has 1 fully saturated rings. The Labute approximate surface area is 108 Å². The molecule has 1 aromatic rings. The van der Waals surface area contributed by atoms with Gasteiger partial charge in [0.25, 0.3) is 0 Å². The molecular weight excluding hydrogens is 228 g/mol. The van der Waals surface area contributed by atoms with Crippen LogP contribution in [-0.4, -0.2) is 24.1 Å². The number of nitrogens with one attached hydrogen (secondary N) is 1. The topological polar surface area (TPSA) is 51.2 Å². The predicted octanol–water partition coefficient (Wildman–Crippen LogP) is 2.86. The molecule has 4 heteroatoms. The summed E-state index contributed by atoms with van der Waals surface area (Å²) in [5.74, 6) is 1.15. The number of ether oxygens (including phenoxy) is 1. The number of aromatic nitrogens is 1. The van der Waals surface area contributed by atoms with Crippen molar-refractivity contribution in [2.75, 3.05) is 12.4 Å². The SMILES string of the molecule is CCC(CC1CC1)Nc1ncccc1C(=O)OC. The number of carbonyl (C=O) groups excluding carboxylic acids is 1. The van der Waals surface area contributed by atoms with Crippen molar-refractivity contribution < 1.29 is 9.53 Å². The average molecular weight is 248 g/mol. The summed E-state index contributed by atoms with van der Waals surface area (Å²) < 4.78 is 4.77. The minimum absolute atomic E-state index is 0.341. The largest absolute Gasteiger partial charge is 0.465 e. The van der Waals surface area contributed by atoms with Crippen LogP contribution in [0.25, 0.3) is 0 Å². The lowest BCUT2D eigenvalue weighted by atomic mass is 10.1. The Kier molecular flexibility index (Phi) is 4.18. The van der Waals surface area contributed by atoms with Gasteiger partial charge in [-0.15, -0.1) is 0 Å². The molecule has 4 nitrogen and oxygen atoms in total. The van der Waals surface area contributed by atoms with Gasteiger partial charge in [-0.3, -0.25) is 0 Å². The summed E-state index contributed by atoms with van der Waals surface area (Å²) in [4.78, 5) is 15.9. The smallest absolute Gasteiger partial charge is 0.341 e. The van der Waals surface area contributed by atoms with Crippen LogP contribution in [0.3, 0.4) is 0 Å². The van der Waals surface area contributed by atoms with Crippen molar-refractivity contribution in [3.05, 3.63) is 23.9 Å².